The standard InChI is InChI=1S/C18H26N4O/c1-13(2)17-10-16(23-21-17)11-20-18(19-4)22(5)12-15-8-6-14(3)7-9-15/h6-10,13H,11-12H2,1-5H3,(H,19,20). The van der Waals surface area contributed by atoms with Crippen molar-refractivity contribution in [2.75, 3.05) is 14.1 Å². The molecule has 0 bridgehead atoms. The van der Waals surface area contributed by atoms with Gasteiger partial charge in [0.2, 0.25) is 0 Å². The first-order valence-electron chi connectivity index (χ1n) is 7.92. The molecule has 0 amide bonds. The van der Waals surface area contributed by atoms with Gasteiger partial charge in [0.05, 0.1) is 12.2 Å². The Labute approximate surface area is 138 Å². The van der Waals surface area contributed by atoms with E-state index in [1.807, 2.05) is 13.1 Å². The highest BCUT2D eigenvalue weighted by Gasteiger charge is 2.10. The minimum atomic E-state index is 0.371. The largest absolute Gasteiger partial charge is 0.359 e. The van der Waals surface area contributed by atoms with Gasteiger partial charge in [0.1, 0.15) is 0 Å². The quantitative estimate of drug-likeness (QED) is 0.679. The van der Waals surface area contributed by atoms with Crippen molar-refractivity contribution in [2.24, 2.45) is 4.99 Å². The molecule has 2 aromatic rings. The summed E-state index contributed by atoms with van der Waals surface area (Å²) in [5.74, 6) is 2.02. The lowest BCUT2D eigenvalue weighted by molar-refractivity contribution is 0.369. The Kier molecular flexibility index (Phi) is 5.79. The number of guanidine groups is 1. The van der Waals surface area contributed by atoms with Crippen molar-refractivity contribution < 1.29 is 4.52 Å². The molecule has 0 spiro atoms. The van der Waals surface area contributed by atoms with Crippen molar-refractivity contribution in [2.45, 2.75) is 39.8 Å². The first-order chi connectivity index (χ1) is 11.0. The highest BCUT2D eigenvalue weighted by molar-refractivity contribution is 5.79. The van der Waals surface area contributed by atoms with Gasteiger partial charge in [-0.2, -0.15) is 0 Å². The Hall–Kier alpha value is -2.30. The maximum absolute atomic E-state index is 5.35. The third kappa shape index (κ3) is 4.84. The van der Waals surface area contributed by atoms with Crippen LogP contribution in [0.15, 0.2) is 39.8 Å². The fourth-order valence-electron chi connectivity index (χ4n) is 2.28. The number of aryl methyl sites for hydroxylation is 1. The van der Waals surface area contributed by atoms with Gasteiger partial charge in [-0.1, -0.05) is 48.8 Å². The van der Waals surface area contributed by atoms with E-state index < -0.39 is 0 Å². The molecule has 5 heteroatoms. The van der Waals surface area contributed by atoms with Gasteiger partial charge >= 0.3 is 0 Å². The zero-order chi connectivity index (χ0) is 16.8. The van der Waals surface area contributed by atoms with Crippen LogP contribution in [0.1, 0.15) is 42.3 Å². The van der Waals surface area contributed by atoms with Crippen LogP contribution in [0.3, 0.4) is 0 Å². The number of hydrogen-bond donors (Lipinski definition) is 1. The van der Waals surface area contributed by atoms with Crippen LogP contribution in [0.5, 0.6) is 0 Å². The molecule has 1 aromatic carbocycles. The van der Waals surface area contributed by atoms with Gasteiger partial charge in [-0.3, -0.25) is 4.99 Å². The summed E-state index contributed by atoms with van der Waals surface area (Å²) in [5.41, 5.74) is 3.50. The molecule has 1 aromatic heterocycles. The van der Waals surface area contributed by atoms with Crippen LogP contribution in [0.4, 0.5) is 0 Å². The summed E-state index contributed by atoms with van der Waals surface area (Å²) in [4.78, 5) is 6.42. The Bertz CT molecular complexity index is 643. The summed E-state index contributed by atoms with van der Waals surface area (Å²) < 4.78 is 5.35. The van der Waals surface area contributed by atoms with E-state index in [4.69, 9.17) is 4.52 Å². The molecule has 1 heterocycles. The maximum Gasteiger partial charge on any atom is 0.194 e. The van der Waals surface area contributed by atoms with Crippen LogP contribution in [-0.4, -0.2) is 30.1 Å². The van der Waals surface area contributed by atoms with Crippen LogP contribution < -0.4 is 5.32 Å². The first kappa shape index (κ1) is 17.1. The van der Waals surface area contributed by atoms with Crippen molar-refractivity contribution in [1.29, 1.82) is 0 Å². The van der Waals surface area contributed by atoms with Gasteiger partial charge < -0.3 is 14.7 Å². The number of aromatic nitrogens is 1. The molecule has 23 heavy (non-hydrogen) atoms. The zero-order valence-corrected chi connectivity index (χ0v) is 14.6. The Morgan fingerprint density at radius 3 is 2.57 bits per heavy atom. The van der Waals surface area contributed by atoms with E-state index in [2.05, 4.69) is 65.4 Å². The van der Waals surface area contributed by atoms with Crippen molar-refractivity contribution in [3.63, 3.8) is 0 Å². The Morgan fingerprint density at radius 2 is 2.00 bits per heavy atom. The average Bonchev–Trinajstić information content (AvgIpc) is 2.99. The minimum absolute atomic E-state index is 0.371. The SMILES string of the molecule is CN=C(NCc1cc(C(C)C)no1)N(C)Cc1ccc(C)cc1. The minimum Gasteiger partial charge on any atom is -0.359 e. The molecule has 0 aliphatic heterocycles. The first-order valence-corrected chi connectivity index (χ1v) is 7.92. The summed E-state index contributed by atoms with van der Waals surface area (Å²) >= 11 is 0. The van der Waals surface area contributed by atoms with Crippen LogP contribution in [0.2, 0.25) is 0 Å². The van der Waals surface area contributed by atoms with E-state index in [-0.39, 0.29) is 0 Å². The topological polar surface area (TPSA) is 53.7 Å². The second-order valence-corrected chi connectivity index (χ2v) is 6.12. The van der Waals surface area contributed by atoms with Gasteiger partial charge in [-0.05, 0) is 18.4 Å². The highest BCUT2D eigenvalue weighted by Crippen LogP contribution is 2.14. The van der Waals surface area contributed by atoms with E-state index >= 15 is 0 Å². The number of nitrogens with one attached hydrogen (secondary N) is 1. The van der Waals surface area contributed by atoms with E-state index in [0.29, 0.717) is 12.5 Å². The van der Waals surface area contributed by atoms with Crippen molar-refractivity contribution in [3.05, 3.63) is 52.9 Å². The normalized spacial score (nSPS) is 11.8. The second kappa shape index (κ2) is 7.81. The van der Waals surface area contributed by atoms with Crippen LogP contribution >= 0.6 is 0 Å². The molecule has 2 rings (SSSR count). The van der Waals surface area contributed by atoms with E-state index in [1.54, 1.807) is 7.05 Å². The van der Waals surface area contributed by atoms with E-state index in [0.717, 1.165) is 24.0 Å². The second-order valence-electron chi connectivity index (χ2n) is 6.12. The van der Waals surface area contributed by atoms with Gasteiger partial charge in [0, 0.05) is 26.7 Å². The van der Waals surface area contributed by atoms with Crippen LogP contribution in [0.25, 0.3) is 0 Å². The third-order valence-corrected chi connectivity index (χ3v) is 3.70. The number of nitrogens with zero attached hydrogens (tertiary/aromatic N) is 3. The molecule has 5 nitrogen and oxygen atoms in total. The van der Waals surface area contributed by atoms with E-state index in [9.17, 15) is 0 Å². The fourth-order valence-corrected chi connectivity index (χ4v) is 2.28. The lowest BCUT2D eigenvalue weighted by Gasteiger charge is -2.21. The van der Waals surface area contributed by atoms with Crippen molar-refractivity contribution >= 4 is 5.96 Å². The molecule has 0 aliphatic carbocycles. The van der Waals surface area contributed by atoms with Crippen molar-refractivity contribution in [3.8, 4) is 0 Å². The highest BCUT2D eigenvalue weighted by atomic mass is 16.5. The lowest BCUT2D eigenvalue weighted by atomic mass is 10.1. The number of benzene rings is 1. The van der Waals surface area contributed by atoms with Gasteiger partial charge in [-0.25, -0.2) is 0 Å². The number of aliphatic imine (C=N–C) groups is 1. The molecule has 0 unspecified atom stereocenters. The van der Waals surface area contributed by atoms with Gasteiger partial charge in [0.25, 0.3) is 0 Å². The molecule has 0 radical (unpaired) electrons. The summed E-state index contributed by atoms with van der Waals surface area (Å²) in [6.07, 6.45) is 0. The number of rotatable bonds is 5. The lowest BCUT2D eigenvalue weighted by Crippen LogP contribution is -2.37. The van der Waals surface area contributed by atoms with Gasteiger partial charge in [-0.15, -0.1) is 0 Å². The molecule has 1 N–H and O–H groups in total. The molecule has 0 atom stereocenters. The van der Waals surface area contributed by atoms with Crippen molar-refractivity contribution in [1.82, 2.24) is 15.4 Å². The smallest absolute Gasteiger partial charge is 0.194 e. The molecule has 0 saturated carbocycles. The monoisotopic (exact) mass is 314 g/mol. The predicted molar refractivity (Wildman–Crippen MR) is 93.4 cm³/mol. The zero-order valence-electron chi connectivity index (χ0n) is 14.6. The Balaban J connectivity index is 1.92. The molecule has 0 saturated heterocycles. The third-order valence-electron chi connectivity index (χ3n) is 3.70. The molecule has 0 aliphatic rings. The molecular formula is C18H26N4O. The summed E-state index contributed by atoms with van der Waals surface area (Å²) in [6.45, 7) is 7.67. The van der Waals surface area contributed by atoms with Crippen LogP contribution in [-0.2, 0) is 13.1 Å². The van der Waals surface area contributed by atoms with Crippen LogP contribution in [0, 0.1) is 6.92 Å². The number of hydrogen-bond acceptors (Lipinski definition) is 3. The predicted octanol–water partition coefficient (Wildman–Crippen LogP) is 3.31. The fraction of sp³-hybridized carbons (Fsp3) is 0.444. The Morgan fingerprint density at radius 1 is 1.30 bits per heavy atom. The maximum atomic E-state index is 5.35. The van der Waals surface area contributed by atoms with Gasteiger partial charge in [0.15, 0.2) is 11.7 Å². The summed E-state index contributed by atoms with van der Waals surface area (Å²) in [7, 11) is 3.81. The van der Waals surface area contributed by atoms with E-state index in [1.165, 1.54) is 11.1 Å². The summed E-state index contributed by atoms with van der Waals surface area (Å²) in [5, 5.41) is 7.38. The molecule has 0 fully saturated rings. The molecular weight excluding hydrogens is 288 g/mol. The average molecular weight is 314 g/mol. The summed E-state index contributed by atoms with van der Waals surface area (Å²) in [6, 6.07) is 10.5. The molecule has 124 valence electrons.